The highest BCUT2D eigenvalue weighted by Gasteiger charge is 2.29. The zero-order valence-electron chi connectivity index (χ0n) is 23.9. The molecular formula is C34H36FN3O3. The first kappa shape index (κ1) is 28.1. The smallest absolute Gasteiger partial charge is 0.255 e. The molecule has 1 saturated heterocycles. The molecule has 41 heavy (non-hydrogen) atoms. The van der Waals surface area contributed by atoms with Crippen LogP contribution in [-0.4, -0.2) is 59.5 Å². The average molecular weight is 554 g/mol. The van der Waals surface area contributed by atoms with Crippen LogP contribution in [0, 0.1) is 12.7 Å². The molecule has 0 radical (unpaired) electrons. The number of hydrogen-bond donors (Lipinski definition) is 0. The van der Waals surface area contributed by atoms with E-state index in [-0.39, 0.29) is 17.6 Å². The molecule has 0 N–H and O–H groups in total. The zero-order valence-corrected chi connectivity index (χ0v) is 23.9. The van der Waals surface area contributed by atoms with Gasteiger partial charge in [0.15, 0.2) is 0 Å². The second-order valence-electron chi connectivity index (χ2n) is 10.4. The van der Waals surface area contributed by atoms with Crippen molar-refractivity contribution in [3.05, 3.63) is 107 Å². The van der Waals surface area contributed by atoms with Crippen molar-refractivity contribution >= 4 is 11.8 Å². The Morgan fingerprint density at radius 1 is 0.854 bits per heavy atom. The summed E-state index contributed by atoms with van der Waals surface area (Å²) in [6.07, 6.45) is 3.29. The molecule has 1 aliphatic rings. The lowest BCUT2D eigenvalue weighted by Gasteiger charge is -2.35. The fraction of sp³-hybridized carbons (Fsp3) is 0.294. The Kier molecular flexibility index (Phi) is 8.53. The third-order valence-electron chi connectivity index (χ3n) is 7.83. The van der Waals surface area contributed by atoms with E-state index in [2.05, 4.69) is 6.92 Å². The van der Waals surface area contributed by atoms with Gasteiger partial charge in [-0.3, -0.25) is 9.59 Å². The van der Waals surface area contributed by atoms with E-state index in [0.717, 1.165) is 30.5 Å². The molecule has 2 heterocycles. The molecule has 0 aliphatic carbocycles. The number of halogens is 1. The molecule has 0 spiro atoms. The van der Waals surface area contributed by atoms with Crippen molar-refractivity contribution < 1.29 is 18.7 Å². The van der Waals surface area contributed by atoms with Crippen molar-refractivity contribution in [2.75, 3.05) is 33.3 Å². The first-order valence-corrected chi connectivity index (χ1v) is 14.2. The van der Waals surface area contributed by atoms with Crippen LogP contribution in [0.5, 0.6) is 5.75 Å². The number of amides is 2. The number of methoxy groups -OCH3 is 1. The lowest BCUT2D eigenvalue weighted by atomic mass is 10.1. The molecule has 0 bridgehead atoms. The summed E-state index contributed by atoms with van der Waals surface area (Å²) in [6, 6.07) is 23.8. The minimum Gasteiger partial charge on any atom is -0.497 e. The summed E-state index contributed by atoms with van der Waals surface area (Å²) in [6.45, 7) is 5.79. The minimum atomic E-state index is -0.370. The number of aromatic nitrogens is 1. The van der Waals surface area contributed by atoms with Crippen molar-refractivity contribution in [3.8, 4) is 22.7 Å². The molecule has 2 amide bonds. The number of hydrogen-bond acceptors (Lipinski definition) is 3. The molecule has 5 rings (SSSR count). The van der Waals surface area contributed by atoms with Gasteiger partial charge < -0.3 is 19.1 Å². The van der Waals surface area contributed by atoms with E-state index >= 15 is 0 Å². The SMILES string of the molecule is CCCCc1ccc(C(=O)N2CCN(C(=O)c3cc(-c4ccc(OC)cc4)n(-c4ccccc4F)c3C)CC2)cc1. The lowest BCUT2D eigenvalue weighted by molar-refractivity contribution is 0.0535. The van der Waals surface area contributed by atoms with Crippen molar-refractivity contribution in [1.29, 1.82) is 0 Å². The van der Waals surface area contributed by atoms with Crippen LogP contribution in [-0.2, 0) is 6.42 Å². The van der Waals surface area contributed by atoms with Crippen LogP contribution in [0.1, 0.15) is 51.7 Å². The van der Waals surface area contributed by atoms with Crippen LogP contribution in [0.2, 0.25) is 0 Å². The highest BCUT2D eigenvalue weighted by atomic mass is 19.1. The number of benzene rings is 3. The van der Waals surface area contributed by atoms with E-state index in [9.17, 15) is 14.0 Å². The van der Waals surface area contributed by atoms with Gasteiger partial charge in [0.2, 0.25) is 0 Å². The monoisotopic (exact) mass is 553 g/mol. The lowest BCUT2D eigenvalue weighted by Crippen LogP contribution is -2.50. The van der Waals surface area contributed by atoms with Gasteiger partial charge in [-0.1, -0.05) is 37.6 Å². The number of carbonyl (C=O) groups excluding carboxylic acids is 2. The normalized spacial score (nSPS) is 13.4. The maximum atomic E-state index is 15.0. The highest BCUT2D eigenvalue weighted by Crippen LogP contribution is 2.32. The van der Waals surface area contributed by atoms with E-state index in [1.807, 2.05) is 66.4 Å². The van der Waals surface area contributed by atoms with Gasteiger partial charge in [-0.25, -0.2) is 4.39 Å². The topological polar surface area (TPSA) is 54.8 Å². The van der Waals surface area contributed by atoms with Crippen molar-refractivity contribution in [2.45, 2.75) is 33.1 Å². The second-order valence-corrected chi connectivity index (χ2v) is 10.4. The van der Waals surface area contributed by atoms with Crippen LogP contribution in [0.4, 0.5) is 4.39 Å². The van der Waals surface area contributed by atoms with E-state index in [1.54, 1.807) is 34.8 Å². The van der Waals surface area contributed by atoms with E-state index in [1.165, 1.54) is 11.6 Å². The second kappa shape index (κ2) is 12.4. The molecule has 1 aliphatic heterocycles. The number of ether oxygens (including phenoxy) is 1. The molecular weight excluding hydrogens is 517 g/mol. The van der Waals surface area contributed by atoms with Gasteiger partial charge in [-0.05, 0) is 85.5 Å². The standard InChI is InChI=1S/C34H36FN3O3/c1-4-5-8-25-11-13-27(14-12-25)33(39)36-19-21-37(22-20-36)34(40)29-23-32(26-15-17-28(41-3)18-16-26)38(24(29)2)31-10-7-6-9-30(31)35/h6-7,9-18,23H,4-5,8,19-22H2,1-3H3. The summed E-state index contributed by atoms with van der Waals surface area (Å²) in [5.41, 5.74) is 5.03. The Labute approximate surface area is 241 Å². The number of aryl methyl sites for hydroxylation is 1. The van der Waals surface area contributed by atoms with Crippen LogP contribution in [0.15, 0.2) is 78.9 Å². The van der Waals surface area contributed by atoms with E-state index in [4.69, 9.17) is 4.74 Å². The summed E-state index contributed by atoms with van der Waals surface area (Å²) < 4.78 is 22.1. The summed E-state index contributed by atoms with van der Waals surface area (Å²) in [7, 11) is 1.61. The van der Waals surface area contributed by atoms with Gasteiger partial charge in [0.25, 0.3) is 11.8 Å². The van der Waals surface area contributed by atoms with Gasteiger partial charge in [-0.2, -0.15) is 0 Å². The summed E-state index contributed by atoms with van der Waals surface area (Å²) in [5.74, 6) is 0.207. The summed E-state index contributed by atoms with van der Waals surface area (Å²) in [5, 5.41) is 0. The quantitative estimate of drug-likeness (QED) is 0.249. The van der Waals surface area contributed by atoms with Gasteiger partial charge in [0.05, 0.1) is 24.1 Å². The fourth-order valence-corrected chi connectivity index (χ4v) is 5.40. The fourth-order valence-electron chi connectivity index (χ4n) is 5.40. The number of nitrogens with zero attached hydrogens (tertiary/aromatic N) is 3. The Bertz CT molecular complexity index is 1520. The average Bonchev–Trinajstić information content (AvgIpc) is 3.36. The largest absolute Gasteiger partial charge is 0.497 e. The Morgan fingerprint density at radius 3 is 2.10 bits per heavy atom. The first-order chi connectivity index (χ1) is 19.9. The molecule has 3 aromatic carbocycles. The Hall–Kier alpha value is -4.39. The summed E-state index contributed by atoms with van der Waals surface area (Å²) in [4.78, 5) is 30.5. The van der Waals surface area contributed by atoms with E-state index < -0.39 is 0 Å². The number of rotatable bonds is 8. The molecule has 4 aromatic rings. The number of para-hydroxylation sites is 1. The van der Waals surface area contributed by atoms with Gasteiger partial charge in [-0.15, -0.1) is 0 Å². The first-order valence-electron chi connectivity index (χ1n) is 14.2. The maximum Gasteiger partial charge on any atom is 0.255 e. The van der Waals surface area contributed by atoms with Crippen molar-refractivity contribution in [2.24, 2.45) is 0 Å². The Balaban J connectivity index is 1.36. The van der Waals surface area contributed by atoms with Crippen LogP contribution in [0.25, 0.3) is 16.9 Å². The molecule has 212 valence electrons. The third-order valence-corrected chi connectivity index (χ3v) is 7.83. The Morgan fingerprint density at radius 2 is 1.49 bits per heavy atom. The third kappa shape index (κ3) is 5.89. The molecule has 1 aromatic heterocycles. The highest BCUT2D eigenvalue weighted by molar-refractivity contribution is 5.98. The molecule has 1 fully saturated rings. The number of carbonyl (C=O) groups is 2. The zero-order chi connectivity index (χ0) is 28.9. The van der Waals surface area contributed by atoms with Gasteiger partial charge in [0, 0.05) is 37.4 Å². The van der Waals surface area contributed by atoms with Crippen LogP contribution in [0.3, 0.4) is 0 Å². The van der Waals surface area contributed by atoms with Gasteiger partial charge in [0.1, 0.15) is 11.6 Å². The number of piperazine rings is 1. The van der Waals surface area contributed by atoms with Crippen LogP contribution >= 0.6 is 0 Å². The predicted molar refractivity (Wildman–Crippen MR) is 159 cm³/mol. The van der Waals surface area contributed by atoms with Crippen molar-refractivity contribution in [1.82, 2.24) is 14.4 Å². The van der Waals surface area contributed by atoms with E-state index in [0.29, 0.717) is 54.4 Å². The van der Waals surface area contributed by atoms with Crippen molar-refractivity contribution in [3.63, 3.8) is 0 Å². The molecule has 7 heteroatoms. The predicted octanol–water partition coefficient (Wildman–Crippen LogP) is 6.54. The van der Waals surface area contributed by atoms with Gasteiger partial charge >= 0.3 is 0 Å². The molecule has 0 saturated carbocycles. The minimum absolute atomic E-state index is 0.0113. The van der Waals surface area contributed by atoms with Crippen LogP contribution < -0.4 is 4.74 Å². The maximum absolute atomic E-state index is 15.0. The molecule has 0 unspecified atom stereocenters. The molecule has 6 nitrogen and oxygen atoms in total. The molecule has 0 atom stereocenters. The number of unbranched alkanes of at least 4 members (excludes halogenated alkanes) is 1. The summed E-state index contributed by atoms with van der Waals surface area (Å²) >= 11 is 0.